The SMILES string of the molecule is C[C@@H](O)c1ccc(NC(=O)Cc2ccc([N+](=O)[O-])cc2)cc1. The van der Waals surface area contributed by atoms with Gasteiger partial charge >= 0.3 is 0 Å². The number of carbonyl (C=O) groups is 1. The van der Waals surface area contributed by atoms with Gasteiger partial charge in [-0.15, -0.1) is 0 Å². The number of rotatable bonds is 5. The number of carbonyl (C=O) groups excluding carboxylic acids is 1. The van der Waals surface area contributed by atoms with Crippen molar-refractivity contribution in [2.45, 2.75) is 19.4 Å². The van der Waals surface area contributed by atoms with Crippen LogP contribution in [0.2, 0.25) is 0 Å². The molecular formula is C16H16N2O4. The van der Waals surface area contributed by atoms with E-state index in [4.69, 9.17) is 0 Å². The Morgan fingerprint density at radius 2 is 1.77 bits per heavy atom. The fourth-order valence-electron chi connectivity index (χ4n) is 1.97. The Morgan fingerprint density at radius 1 is 1.18 bits per heavy atom. The van der Waals surface area contributed by atoms with Crippen molar-refractivity contribution in [2.24, 2.45) is 0 Å². The lowest BCUT2D eigenvalue weighted by Gasteiger charge is -2.08. The molecule has 6 nitrogen and oxygen atoms in total. The molecule has 0 fully saturated rings. The van der Waals surface area contributed by atoms with Gasteiger partial charge in [0.1, 0.15) is 0 Å². The number of nitrogens with one attached hydrogen (secondary N) is 1. The van der Waals surface area contributed by atoms with Gasteiger partial charge in [-0.05, 0) is 30.2 Å². The highest BCUT2D eigenvalue weighted by Gasteiger charge is 2.08. The molecule has 2 aromatic rings. The first-order valence-electron chi connectivity index (χ1n) is 6.77. The van der Waals surface area contributed by atoms with Gasteiger partial charge in [-0.1, -0.05) is 24.3 Å². The van der Waals surface area contributed by atoms with Crippen molar-refractivity contribution in [2.75, 3.05) is 5.32 Å². The summed E-state index contributed by atoms with van der Waals surface area (Å²) in [5.41, 5.74) is 2.10. The lowest BCUT2D eigenvalue weighted by molar-refractivity contribution is -0.384. The fourth-order valence-corrected chi connectivity index (χ4v) is 1.97. The van der Waals surface area contributed by atoms with Gasteiger partial charge in [-0.25, -0.2) is 0 Å². The summed E-state index contributed by atoms with van der Waals surface area (Å²) >= 11 is 0. The van der Waals surface area contributed by atoms with E-state index in [9.17, 15) is 20.0 Å². The van der Waals surface area contributed by atoms with Crippen LogP contribution in [0.1, 0.15) is 24.2 Å². The number of anilines is 1. The number of nitrogens with zero attached hydrogens (tertiary/aromatic N) is 1. The van der Waals surface area contributed by atoms with Crippen LogP contribution in [-0.4, -0.2) is 15.9 Å². The zero-order chi connectivity index (χ0) is 16.1. The van der Waals surface area contributed by atoms with Gasteiger partial charge in [0.2, 0.25) is 5.91 Å². The van der Waals surface area contributed by atoms with Crippen LogP contribution in [-0.2, 0) is 11.2 Å². The van der Waals surface area contributed by atoms with E-state index in [0.717, 1.165) is 5.56 Å². The number of aliphatic hydroxyl groups excluding tert-OH is 1. The van der Waals surface area contributed by atoms with Crippen LogP contribution in [0.5, 0.6) is 0 Å². The van der Waals surface area contributed by atoms with E-state index in [0.29, 0.717) is 11.3 Å². The molecule has 0 aromatic heterocycles. The van der Waals surface area contributed by atoms with E-state index >= 15 is 0 Å². The van der Waals surface area contributed by atoms with Gasteiger partial charge in [-0.2, -0.15) is 0 Å². The summed E-state index contributed by atoms with van der Waals surface area (Å²) in [6.07, 6.45) is -0.416. The second-order valence-corrected chi connectivity index (χ2v) is 4.95. The number of non-ortho nitro benzene ring substituents is 1. The molecule has 6 heteroatoms. The Morgan fingerprint density at radius 3 is 2.27 bits per heavy atom. The third-order valence-electron chi connectivity index (χ3n) is 3.19. The molecule has 0 heterocycles. The minimum Gasteiger partial charge on any atom is -0.389 e. The maximum Gasteiger partial charge on any atom is 0.269 e. The highest BCUT2D eigenvalue weighted by atomic mass is 16.6. The minimum atomic E-state index is -0.551. The first kappa shape index (κ1) is 15.7. The standard InChI is InChI=1S/C16H16N2O4/c1-11(19)13-4-6-14(7-5-13)17-16(20)10-12-2-8-15(9-3-12)18(21)22/h2-9,11,19H,10H2,1H3,(H,17,20)/t11-/m1/s1. The van der Waals surface area contributed by atoms with Gasteiger partial charge in [-0.3, -0.25) is 14.9 Å². The fraction of sp³-hybridized carbons (Fsp3) is 0.188. The molecule has 2 N–H and O–H groups in total. The second-order valence-electron chi connectivity index (χ2n) is 4.95. The third kappa shape index (κ3) is 4.13. The Bertz CT molecular complexity index is 664. The summed E-state index contributed by atoms with van der Waals surface area (Å²) in [4.78, 5) is 22.0. The summed E-state index contributed by atoms with van der Waals surface area (Å²) in [5, 5.41) is 22.7. The first-order chi connectivity index (χ1) is 10.5. The summed E-state index contributed by atoms with van der Waals surface area (Å²) < 4.78 is 0. The average molecular weight is 300 g/mol. The highest BCUT2D eigenvalue weighted by molar-refractivity contribution is 5.92. The number of amides is 1. The van der Waals surface area contributed by atoms with E-state index in [1.807, 2.05) is 0 Å². The monoisotopic (exact) mass is 300 g/mol. The molecule has 1 atom stereocenters. The molecule has 0 unspecified atom stereocenters. The normalized spacial score (nSPS) is 11.7. The molecule has 0 bridgehead atoms. The highest BCUT2D eigenvalue weighted by Crippen LogP contribution is 2.16. The number of benzene rings is 2. The van der Waals surface area contributed by atoms with E-state index in [-0.39, 0.29) is 18.0 Å². The number of hydrogen-bond donors (Lipinski definition) is 2. The average Bonchev–Trinajstić information content (AvgIpc) is 2.48. The molecular weight excluding hydrogens is 284 g/mol. The quantitative estimate of drug-likeness (QED) is 0.656. The van der Waals surface area contributed by atoms with Crippen LogP contribution in [0.15, 0.2) is 48.5 Å². The van der Waals surface area contributed by atoms with Crippen LogP contribution >= 0.6 is 0 Å². The van der Waals surface area contributed by atoms with Crippen molar-refractivity contribution in [3.63, 3.8) is 0 Å². The van der Waals surface area contributed by atoms with Gasteiger partial charge in [0.05, 0.1) is 17.4 Å². The lowest BCUT2D eigenvalue weighted by atomic mass is 10.1. The number of aliphatic hydroxyl groups is 1. The molecule has 2 rings (SSSR count). The van der Waals surface area contributed by atoms with Crippen molar-refractivity contribution < 1.29 is 14.8 Å². The van der Waals surface area contributed by atoms with Crippen molar-refractivity contribution in [1.29, 1.82) is 0 Å². The molecule has 0 aliphatic carbocycles. The smallest absolute Gasteiger partial charge is 0.269 e. The minimum absolute atomic E-state index is 0.00197. The van der Waals surface area contributed by atoms with Crippen LogP contribution < -0.4 is 5.32 Å². The molecule has 0 spiro atoms. The maximum absolute atomic E-state index is 11.9. The molecule has 2 aromatic carbocycles. The molecule has 0 aliphatic rings. The zero-order valence-corrected chi connectivity index (χ0v) is 12.0. The predicted octanol–water partition coefficient (Wildman–Crippen LogP) is 2.83. The topological polar surface area (TPSA) is 92.5 Å². The van der Waals surface area contributed by atoms with E-state index in [1.165, 1.54) is 12.1 Å². The van der Waals surface area contributed by atoms with Crippen LogP contribution in [0.3, 0.4) is 0 Å². The van der Waals surface area contributed by atoms with Crippen LogP contribution in [0.25, 0.3) is 0 Å². The van der Waals surface area contributed by atoms with Crippen LogP contribution in [0.4, 0.5) is 11.4 Å². The molecule has 0 radical (unpaired) electrons. The Balaban J connectivity index is 1.96. The van der Waals surface area contributed by atoms with Gasteiger partial charge in [0, 0.05) is 17.8 Å². The first-order valence-corrected chi connectivity index (χ1v) is 6.77. The van der Waals surface area contributed by atoms with Crippen molar-refractivity contribution in [3.05, 3.63) is 69.8 Å². The van der Waals surface area contributed by atoms with Gasteiger partial charge < -0.3 is 10.4 Å². The molecule has 114 valence electrons. The molecule has 0 aliphatic heterocycles. The second kappa shape index (κ2) is 6.82. The largest absolute Gasteiger partial charge is 0.389 e. The van der Waals surface area contributed by atoms with E-state index in [1.54, 1.807) is 43.3 Å². The maximum atomic E-state index is 11.9. The van der Waals surface area contributed by atoms with Gasteiger partial charge in [0.15, 0.2) is 0 Å². The number of hydrogen-bond acceptors (Lipinski definition) is 4. The van der Waals surface area contributed by atoms with Crippen molar-refractivity contribution in [3.8, 4) is 0 Å². The summed E-state index contributed by atoms with van der Waals surface area (Å²) in [7, 11) is 0. The Kier molecular flexibility index (Phi) is 4.85. The summed E-state index contributed by atoms with van der Waals surface area (Å²) in [6.45, 7) is 1.67. The van der Waals surface area contributed by atoms with Crippen molar-refractivity contribution in [1.82, 2.24) is 0 Å². The van der Waals surface area contributed by atoms with E-state index in [2.05, 4.69) is 5.32 Å². The third-order valence-corrected chi connectivity index (χ3v) is 3.19. The van der Waals surface area contributed by atoms with E-state index < -0.39 is 11.0 Å². The summed E-state index contributed by atoms with van der Waals surface area (Å²) in [6, 6.07) is 12.8. The molecule has 22 heavy (non-hydrogen) atoms. The Labute approximate surface area is 127 Å². The number of nitro benzene ring substituents is 1. The van der Waals surface area contributed by atoms with Crippen molar-refractivity contribution >= 4 is 17.3 Å². The van der Waals surface area contributed by atoms with Crippen LogP contribution in [0, 0.1) is 10.1 Å². The van der Waals surface area contributed by atoms with Gasteiger partial charge in [0.25, 0.3) is 5.69 Å². The predicted molar refractivity (Wildman–Crippen MR) is 82.5 cm³/mol. The Hall–Kier alpha value is -2.73. The zero-order valence-electron chi connectivity index (χ0n) is 12.0. The molecule has 0 saturated heterocycles. The molecule has 0 saturated carbocycles. The lowest BCUT2D eigenvalue weighted by Crippen LogP contribution is -2.14. The summed E-state index contributed by atoms with van der Waals surface area (Å²) in [5.74, 6) is -0.210. The molecule has 1 amide bonds. The number of nitro groups is 1.